The predicted octanol–water partition coefficient (Wildman–Crippen LogP) is 2.53. The van der Waals surface area contributed by atoms with Crippen molar-refractivity contribution in [2.45, 2.75) is 13.3 Å². The van der Waals surface area contributed by atoms with Crippen molar-refractivity contribution in [1.82, 2.24) is 0 Å². The third-order valence-corrected chi connectivity index (χ3v) is 3.26. The van der Waals surface area contributed by atoms with Crippen LogP contribution in [-0.4, -0.2) is 19.0 Å². The molecule has 0 radical (unpaired) electrons. The summed E-state index contributed by atoms with van der Waals surface area (Å²) in [6.45, 7) is 3.00. The molecule has 2 aromatic rings. The van der Waals surface area contributed by atoms with Gasteiger partial charge in [-0.2, -0.15) is 0 Å². The summed E-state index contributed by atoms with van der Waals surface area (Å²) in [7, 11) is 0. The van der Waals surface area contributed by atoms with E-state index in [1.165, 1.54) is 0 Å². The third-order valence-electron chi connectivity index (χ3n) is 3.26. The van der Waals surface area contributed by atoms with Crippen molar-refractivity contribution in [3.05, 3.63) is 65.7 Å². The van der Waals surface area contributed by atoms with Gasteiger partial charge < -0.3 is 10.6 Å². The zero-order chi connectivity index (χ0) is 14.4. The molecule has 3 nitrogen and oxygen atoms in total. The molecule has 0 aromatic heterocycles. The molecule has 0 aliphatic heterocycles. The second-order valence-corrected chi connectivity index (χ2v) is 4.78. The van der Waals surface area contributed by atoms with Gasteiger partial charge in [-0.05, 0) is 24.1 Å². The van der Waals surface area contributed by atoms with Crippen LogP contribution in [0.1, 0.15) is 11.1 Å². The van der Waals surface area contributed by atoms with Crippen LogP contribution in [0.15, 0.2) is 54.6 Å². The maximum Gasteiger partial charge on any atom is 0.231 e. The molecule has 0 atom stereocenters. The number of benzene rings is 2. The van der Waals surface area contributed by atoms with Gasteiger partial charge in [0.05, 0.1) is 6.42 Å². The monoisotopic (exact) mass is 268 g/mol. The van der Waals surface area contributed by atoms with E-state index in [1.54, 1.807) is 4.90 Å². The van der Waals surface area contributed by atoms with E-state index >= 15 is 0 Å². The van der Waals surface area contributed by atoms with Gasteiger partial charge in [0.25, 0.3) is 0 Å². The first kappa shape index (κ1) is 14.3. The van der Waals surface area contributed by atoms with Gasteiger partial charge in [0.2, 0.25) is 5.91 Å². The number of carbonyl (C=O) groups is 1. The molecule has 2 N–H and O–H groups in total. The molecule has 0 aliphatic carbocycles. The van der Waals surface area contributed by atoms with E-state index in [1.807, 2.05) is 61.5 Å². The highest BCUT2D eigenvalue weighted by atomic mass is 16.2. The minimum absolute atomic E-state index is 0.0796. The topological polar surface area (TPSA) is 46.3 Å². The molecule has 0 fully saturated rings. The van der Waals surface area contributed by atoms with Crippen molar-refractivity contribution in [2.75, 3.05) is 18.0 Å². The highest BCUT2D eigenvalue weighted by Crippen LogP contribution is 2.20. The molecular formula is C17H20N2O. The lowest BCUT2D eigenvalue weighted by Crippen LogP contribution is -2.36. The van der Waals surface area contributed by atoms with Gasteiger partial charge in [0.15, 0.2) is 0 Å². The minimum atomic E-state index is 0.0796. The number of amides is 1. The first-order chi connectivity index (χ1) is 9.72. The summed E-state index contributed by atoms with van der Waals surface area (Å²) in [6.07, 6.45) is 0.398. The average Bonchev–Trinajstić information content (AvgIpc) is 2.47. The Morgan fingerprint density at radius 1 is 1.05 bits per heavy atom. The maximum absolute atomic E-state index is 12.5. The van der Waals surface area contributed by atoms with Gasteiger partial charge in [-0.15, -0.1) is 0 Å². The van der Waals surface area contributed by atoms with Crippen LogP contribution in [0.2, 0.25) is 0 Å². The molecule has 0 aliphatic rings. The standard InChI is InChI=1S/C17H20N2O/c1-14-7-5-6-10-16(14)19(12-11-18)17(20)13-15-8-3-2-4-9-15/h2-10H,11-13,18H2,1H3. The molecule has 104 valence electrons. The van der Waals surface area contributed by atoms with Crippen LogP contribution in [0, 0.1) is 6.92 Å². The van der Waals surface area contributed by atoms with Crippen molar-refractivity contribution in [3.63, 3.8) is 0 Å². The molecule has 0 saturated heterocycles. The van der Waals surface area contributed by atoms with Crippen molar-refractivity contribution in [1.29, 1.82) is 0 Å². The van der Waals surface area contributed by atoms with Crippen LogP contribution in [0.4, 0.5) is 5.69 Å². The number of nitrogens with zero attached hydrogens (tertiary/aromatic N) is 1. The van der Waals surface area contributed by atoms with Crippen LogP contribution in [0.3, 0.4) is 0 Å². The molecule has 0 spiro atoms. The summed E-state index contributed by atoms with van der Waals surface area (Å²) in [5, 5.41) is 0. The van der Waals surface area contributed by atoms with Crippen molar-refractivity contribution < 1.29 is 4.79 Å². The number of nitrogens with two attached hydrogens (primary N) is 1. The van der Waals surface area contributed by atoms with Gasteiger partial charge in [-0.1, -0.05) is 48.5 Å². The molecule has 0 bridgehead atoms. The number of hydrogen-bond donors (Lipinski definition) is 1. The van der Waals surface area contributed by atoms with E-state index in [-0.39, 0.29) is 5.91 Å². The third kappa shape index (κ3) is 3.45. The molecule has 0 unspecified atom stereocenters. The first-order valence-corrected chi connectivity index (χ1v) is 6.82. The Morgan fingerprint density at radius 3 is 2.35 bits per heavy atom. The van der Waals surface area contributed by atoms with Crippen molar-refractivity contribution in [3.8, 4) is 0 Å². The fraction of sp³-hybridized carbons (Fsp3) is 0.235. The Kier molecular flexibility index (Phi) is 4.91. The summed E-state index contributed by atoms with van der Waals surface area (Å²) in [4.78, 5) is 14.3. The van der Waals surface area contributed by atoms with E-state index in [0.717, 1.165) is 16.8 Å². The molecule has 20 heavy (non-hydrogen) atoms. The summed E-state index contributed by atoms with van der Waals surface area (Å²) < 4.78 is 0. The van der Waals surface area contributed by atoms with E-state index < -0.39 is 0 Å². The van der Waals surface area contributed by atoms with Gasteiger partial charge >= 0.3 is 0 Å². The fourth-order valence-electron chi connectivity index (χ4n) is 2.24. The molecule has 1 amide bonds. The summed E-state index contributed by atoms with van der Waals surface area (Å²) in [5.74, 6) is 0.0796. The zero-order valence-corrected chi connectivity index (χ0v) is 11.8. The van der Waals surface area contributed by atoms with Crippen LogP contribution in [0.5, 0.6) is 0 Å². The Labute approximate surface area is 120 Å². The Hall–Kier alpha value is -2.13. The van der Waals surface area contributed by atoms with Gasteiger partial charge in [0.1, 0.15) is 0 Å². The number of carbonyl (C=O) groups excluding carboxylic acids is 1. The van der Waals surface area contributed by atoms with Crippen molar-refractivity contribution >= 4 is 11.6 Å². The summed E-state index contributed by atoms with van der Waals surface area (Å²) in [5.41, 5.74) is 8.70. The summed E-state index contributed by atoms with van der Waals surface area (Å²) >= 11 is 0. The van der Waals surface area contributed by atoms with E-state index in [4.69, 9.17) is 5.73 Å². The van der Waals surface area contributed by atoms with Gasteiger partial charge in [-0.25, -0.2) is 0 Å². The highest BCUT2D eigenvalue weighted by Gasteiger charge is 2.16. The SMILES string of the molecule is Cc1ccccc1N(CCN)C(=O)Cc1ccccc1. The fourth-order valence-corrected chi connectivity index (χ4v) is 2.24. The molecule has 0 saturated carbocycles. The number of rotatable bonds is 5. The lowest BCUT2D eigenvalue weighted by molar-refractivity contribution is -0.118. The second kappa shape index (κ2) is 6.87. The minimum Gasteiger partial charge on any atom is -0.329 e. The summed E-state index contributed by atoms with van der Waals surface area (Å²) in [6, 6.07) is 17.7. The Bertz CT molecular complexity index is 566. The van der Waals surface area contributed by atoms with Crippen LogP contribution >= 0.6 is 0 Å². The smallest absolute Gasteiger partial charge is 0.231 e. The largest absolute Gasteiger partial charge is 0.329 e. The van der Waals surface area contributed by atoms with Gasteiger partial charge in [-0.3, -0.25) is 4.79 Å². The Morgan fingerprint density at radius 2 is 1.70 bits per heavy atom. The molecule has 2 aromatic carbocycles. The molecular weight excluding hydrogens is 248 g/mol. The van der Waals surface area contributed by atoms with E-state index in [2.05, 4.69) is 0 Å². The second-order valence-electron chi connectivity index (χ2n) is 4.78. The lowest BCUT2D eigenvalue weighted by atomic mass is 10.1. The van der Waals surface area contributed by atoms with Crippen molar-refractivity contribution in [2.24, 2.45) is 5.73 Å². The van der Waals surface area contributed by atoms with E-state index in [9.17, 15) is 4.79 Å². The lowest BCUT2D eigenvalue weighted by Gasteiger charge is -2.24. The Balaban J connectivity index is 2.20. The van der Waals surface area contributed by atoms with Crippen LogP contribution in [0.25, 0.3) is 0 Å². The normalized spacial score (nSPS) is 10.3. The quantitative estimate of drug-likeness (QED) is 0.905. The number of aryl methyl sites for hydroxylation is 1. The average molecular weight is 268 g/mol. The van der Waals surface area contributed by atoms with Gasteiger partial charge in [0, 0.05) is 18.8 Å². The molecule has 3 heteroatoms. The first-order valence-electron chi connectivity index (χ1n) is 6.82. The maximum atomic E-state index is 12.5. The number of anilines is 1. The number of para-hydroxylation sites is 1. The highest BCUT2D eigenvalue weighted by molar-refractivity contribution is 5.95. The van der Waals surface area contributed by atoms with Crippen LogP contribution in [-0.2, 0) is 11.2 Å². The molecule has 2 rings (SSSR count). The predicted molar refractivity (Wildman–Crippen MR) is 82.7 cm³/mol. The molecule has 0 heterocycles. The zero-order valence-electron chi connectivity index (χ0n) is 11.8. The van der Waals surface area contributed by atoms with E-state index in [0.29, 0.717) is 19.5 Å². The van der Waals surface area contributed by atoms with Crippen LogP contribution < -0.4 is 10.6 Å². The number of hydrogen-bond acceptors (Lipinski definition) is 2.